The molecule has 0 atom stereocenters. The number of aliphatic hydroxyl groups is 2. The van der Waals surface area contributed by atoms with E-state index in [2.05, 4.69) is 5.32 Å². The van der Waals surface area contributed by atoms with E-state index in [1.165, 1.54) is 0 Å². The van der Waals surface area contributed by atoms with Crippen LogP contribution in [0.1, 0.15) is 6.92 Å². The minimum absolute atomic E-state index is 0.102. The van der Waals surface area contributed by atoms with E-state index in [1.807, 2.05) is 0 Å². The Kier molecular flexibility index (Phi) is 4.87. The van der Waals surface area contributed by atoms with E-state index in [0.717, 1.165) is 0 Å². The molecule has 0 aliphatic carbocycles. The standard InChI is InChI=1S/C11H15Cl2NO2/c1-11(6-15,7-16)5-14-10-4-8(12)2-3-9(10)13/h2-4,14-16H,5-7H2,1H3. The molecule has 0 aromatic heterocycles. The summed E-state index contributed by atoms with van der Waals surface area (Å²) in [5.41, 5.74) is 0.119. The van der Waals surface area contributed by atoms with Crippen LogP contribution in [0.15, 0.2) is 18.2 Å². The Hall–Kier alpha value is -0.480. The average Bonchev–Trinajstić information content (AvgIpc) is 2.30. The van der Waals surface area contributed by atoms with Gasteiger partial charge in [0, 0.05) is 17.0 Å². The third-order valence-corrected chi connectivity index (χ3v) is 2.96. The molecule has 0 unspecified atom stereocenters. The maximum atomic E-state index is 9.13. The van der Waals surface area contributed by atoms with Crippen LogP contribution in [0, 0.1) is 5.41 Å². The van der Waals surface area contributed by atoms with Crippen molar-refractivity contribution < 1.29 is 10.2 Å². The van der Waals surface area contributed by atoms with Gasteiger partial charge in [0.1, 0.15) is 0 Å². The van der Waals surface area contributed by atoms with Gasteiger partial charge in [-0.15, -0.1) is 0 Å². The molecule has 0 aliphatic heterocycles. The molecule has 1 aromatic carbocycles. The fraction of sp³-hybridized carbons (Fsp3) is 0.455. The second-order valence-electron chi connectivity index (χ2n) is 4.10. The molecule has 1 rings (SSSR count). The van der Waals surface area contributed by atoms with E-state index in [4.69, 9.17) is 33.4 Å². The molecule has 0 spiro atoms. The predicted molar refractivity (Wildman–Crippen MR) is 67.2 cm³/mol. The lowest BCUT2D eigenvalue weighted by atomic mass is 9.93. The number of aliphatic hydroxyl groups excluding tert-OH is 2. The van der Waals surface area contributed by atoms with Crippen LogP contribution in [0.2, 0.25) is 10.0 Å². The quantitative estimate of drug-likeness (QED) is 0.765. The molecule has 0 heterocycles. The first-order chi connectivity index (χ1) is 7.50. The van der Waals surface area contributed by atoms with Gasteiger partial charge >= 0.3 is 0 Å². The fourth-order valence-electron chi connectivity index (χ4n) is 1.10. The van der Waals surface area contributed by atoms with Crippen molar-refractivity contribution in [2.45, 2.75) is 6.92 Å². The van der Waals surface area contributed by atoms with Crippen molar-refractivity contribution in [2.24, 2.45) is 5.41 Å². The number of nitrogens with one attached hydrogen (secondary N) is 1. The van der Waals surface area contributed by atoms with Crippen LogP contribution >= 0.6 is 23.2 Å². The Balaban J connectivity index is 2.70. The molecular weight excluding hydrogens is 249 g/mol. The molecule has 0 saturated carbocycles. The SMILES string of the molecule is CC(CO)(CO)CNc1cc(Cl)ccc1Cl. The highest BCUT2D eigenvalue weighted by Gasteiger charge is 2.22. The normalized spacial score (nSPS) is 11.6. The number of benzene rings is 1. The second kappa shape index (κ2) is 5.73. The summed E-state index contributed by atoms with van der Waals surface area (Å²) in [6.07, 6.45) is 0. The highest BCUT2D eigenvalue weighted by Crippen LogP contribution is 2.26. The molecule has 0 fully saturated rings. The summed E-state index contributed by atoms with van der Waals surface area (Å²) < 4.78 is 0. The molecule has 3 nitrogen and oxygen atoms in total. The summed E-state index contributed by atoms with van der Waals surface area (Å²) in [4.78, 5) is 0. The van der Waals surface area contributed by atoms with Crippen molar-refractivity contribution in [3.05, 3.63) is 28.2 Å². The average molecular weight is 264 g/mol. The highest BCUT2D eigenvalue weighted by atomic mass is 35.5. The zero-order chi connectivity index (χ0) is 12.2. The molecule has 0 amide bonds. The Labute approximate surface area is 105 Å². The maximum absolute atomic E-state index is 9.13. The smallest absolute Gasteiger partial charge is 0.0638 e. The van der Waals surface area contributed by atoms with E-state index in [0.29, 0.717) is 22.3 Å². The van der Waals surface area contributed by atoms with Crippen molar-refractivity contribution in [1.82, 2.24) is 0 Å². The van der Waals surface area contributed by atoms with Gasteiger partial charge < -0.3 is 15.5 Å². The van der Waals surface area contributed by atoms with E-state index < -0.39 is 5.41 Å². The maximum Gasteiger partial charge on any atom is 0.0638 e. The van der Waals surface area contributed by atoms with Crippen LogP contribution in [0.4, 0.5) is 5.69 Å². The largest absolute Gasteiger partial charge is 0.396 e. The van der Waals surface area contributed by atoms with E-state index in [-0.39, 0.29) is 13.2 Å². The summed E-state index contributed by atoms with van der Waals surface area (Å²) in [6.45, 7) is 1.99. The molecule has 3 N–H and O–H groups in total. The van der Waals surface area contributed by atoms with Crippen LogP contribution in [-0.2, 0) is 0 Å². The van der Waals surface area contributed by atoms with Crippen molar-refractivity contribution in [1.29, 1.82) is 0 Å². The first kappa shape index (κ1) is 13.6. The summed E-state index contributed by atoms with van der Waals surface area (Å²) in [7, 11) is 0. The Morgan fingerprint density at radius 1 is 1.25 bits per heavy atom. The topological polar surface area (TPSA) is 52.5 Å². The molecule has 0 aliphatic rings. The molecule has 0 radical (unpaired) electrons. The monoisotopic (exact) mass is 263 g/mol. The third kappa shape index (κ3) is 3.52. The molecule has 0 bridgehead atoms. The highest BCUT2D eigenvalue weighted by molar-refractivity contribution is 6.35. The zero-order valence-corrected chi connectivity index (χ0v) is 10.5. The molecule has 90 valence electrons. The van der Waals surface area contributed by atoms with Crippen molar-refractivity contribution in [3.63, 3.8) is 0 Å². The zero-order valence-electron chi connectivity index (χ0n) is 9.00. The first-order valence-electron chi connectivity index (χ1n) is 4.91. The first-order valence-corrected chi connectivity index (χ1v) is 5.67. The van der Waals surface area contributed by atoms with Crippen molar-refractivity contribution in [2.75, 3.05) is 25.1 Å². The minimum Gasteiger partial charge on any atom is -0.396 e. The molecular formula is C11H15Cl2NO2. The summed E-state index contributed by atoms with van der Waals surface area (Å²) in [5.74, 6) is 0. The molecule has 16 heavy (non-hydrogen) atoms. The number of anilines is 1. The van der Waals surface area contributed by atoms with Crippen molar-refractivity contribution in [3.8, 4) is 0 Å². The Morgan fingerprint density at radius 2 is 1.88 bits per heavy atom. The molecule has 5 heteroatoms. The molecule has 0 saturated heterocycles. The van der Waals surface area contributed by atoms with Gasteiger partial charge in [0.05, 0.1) is 23.9 Å². The minimum atomic E-state index is -0.578. The Morgan fingerprint density at radius 3 is 2.44 bits per heavy atom. The number of hydrogen-bond donors (Lipinski definition) is 3. The number of hydrogen-bond acceptors (Lipinski definition) is 3. The van der Waals surface area contributed by atoms with Gasteiger partial charge in [-0.2, -0.15) is 0 Å². The predicted octanol–water partition coefficient (Wildman–Crippen LogP) is 2.40. The lowest BCUT2D eigenvalue weighted by Crippen LogP contribution is -2.34. The Bertz CT molecular complexity index is 354. The van der Waals surface area contributed by atoms with Gasteiger partial charge in [-0.3, -0.25) is 0 Å². The van der Waals surface area contributed by atoms with Gasteiger partial charge in [-0.1, -0.05) is 30.1 Å². The van der Waals surface area contributed by atoms with Crippen LogP contribution in [0.3, 0.4) is 0 Å². The number of halogens is 2. The second-order valence-corrected chi connectivity index (χ2v) is 4.95. The van der Waals surface area contributed by atoms with E-state index in [9.17, 15) is 0 Å². The van der Waals surface area contributed by atoms with E-state index in [1.54, 1.807) is 25.1 Å². The lowest BCUT2D eigenvalue weighted by molar-refractivity contribution is 0.0806. The van der Waals surface area contributed by atoms with Crippen molar-refractivity contribution >= 4 is 28.9 Å². The number of rotatable bonds is 5. The summed E-state index contributed by atoms with van der Waals surface area (Å²) in [5, 5.41) is 22.5. The van der Waals surface area contributed by atoms with Gasteiger partial charge in [0.2, 0.25) is 0 Å². The molecule has 1 aromatic rings. The van der Waals surface area contributed by atoms with Gasteiger partial charge in [0.15, 0.2) is 0 Å². The van der Waals surface area contributed by atoms with Gasteiger partial charge in [-0.25, -0.2) is 0 Å². The van der Waals surface area contributed by atoms with Crippen LogP contribution in [0.25, 0.3) is 0 Å². The summed E-state index contributed by atoms with van der Waals surface area (Å²) >= 11 is 11.8. The fourth-order valence-corrected chi connectivity index (χ4v) is 1.46. The van der Waals surface area contributed by atoms with Crippen LogP contribution in [0.5, 0.6) is 0 Å². The lowest BCUT2D eigenvalue weighted by Gasteiger charge is -2.25. The third-order valence-electron chi connectivity index (χ3n) is 2.40. The van der Waals surface area contributed by atoms with Gasteiger partial charge in [-0.05, 0) is 18.2 Å². The van der Waals surface area contributed by atoms with Crippen LogP contribution in [-0.4, -0.2) is 30.0 Å². The summed E-state index contributed by atoms with van der Waals surface area (Å²) in [6, 6.07) is 5.10. The van der Waals surface area contributed by atoms with E-state index >= 15 is 0 Å². The van der Waals surface area contributed by atoms with Crippen LogP contribution < -0.4 is 5.32 Å². The van der Waals surface area contributed by atoms with Gasteiger partial charge in [0.25, 0.3) is 0 Å².